The van der Waals surface area contributed by atoms with E-state index in [-0.39, 0.29) is 12.1 Å². The van der Waals surface area contributed by atoms with Crippen molar-refractivity contribution in [2.75, 3.05) is 19.1 Å². The quantitative estimate of drug-likeness (QED) is 0.362. The van der Waals surface area contributed by atoms with Crippen molar-refractivity contribution < 1.29 is 9.47 Å². The minimum atomic E-state index is -0.104. The van der Waals surface area contributed by atoms with Crippen LogP contribution in [-0.4, -0.2) is 29.3 Å². The van der Waals surface area contributed by atoms with E-state index in [1.165, 1.54) is 9.13 Å². The van der Waals surface area contributed by atoms with Gasteiger partial charge < -0.3 is 24.7 Å². The molecule has 2 aromatic heterocycles. The van der Waals surface area contributed by atoms with Gasteiger partial charge >= 0.3 is 0 Å². The molecule has 2 N–H and O–H groups in total. The van der Waals surface area contributed by atoms with Crippen LogP contribution in [0.5, 0.6) is 11.5 Å². The molecule has 1 aliphatic heterocycles. The van der Waals surface area contributed by atoms with Crippen molar-refractivity contribution in [3.63, 3.8) is 0 Å². The lowest BCUT2D eigenvalue weighted by molar-refractivity contribution is 0.394. The van der Waals surface area contributed by atoms with E-state index >= 15 is 0 Å². The predicted octanol–water partition coefficient (Wildman–Crippen LogP) is 4.83. The van der Waals surface area contributed by atoms with E-state index in [1.54, 1.807) is 14.2 Å². The van der Waals surface area contributed by atoms with Crippen LogP contribution in [0, 0.1) is 17.4 Å². The largest absolute Gasteiger partial charge is 0.497 e. The summed E-state index contributed by atoms with van der Waals surface area (Å²) in [5.41, 5.74) is 5.28. The van der Waals surface area contributed by atoms with Crippen molar-refractivity contribution in [3.05, 3.63) is 68.8 Å². The molecule has 6 nitrogen and oxygen atoms in total. The summed E-state index contributed by atoms with van der Waals surface area (Å²) >= 11 is 8.24. The van der Waals surface area contributed by atoms with E-state index in [9.17, 15) is 0 Å². The summed E-state index contributed by atoms with van der Waals surface area (Å²) in [5, 5.41) is 4.13. The SMILES string of the molecule is COc1ccc(N2C(=S)N[C@@H](c3ccccn3)[C@H]2c2c(C)[nH]c(C)c2I)c(OC)c1. The van der Waals surface area contributed by atoms with E-state index in [0.29, 0.717) is 10.9 Å². The highest BCUT2D eigenvalue weighted by Gasteiger charge is 2.43. The molecular formula is C22H23IN4O2S. The average molecular weight is 534 g/mol. The monoisotopic (exact) mass is 534 g/mol. The zero-order valence-electron chi connectivity index (χ0n) is 17.2. The third-order valence-corrected chi connectivity index (χ3v) is 7.09. The van der Waals surface area contributed by atoms with Crippen LogP contribution >= 0.6 is 34.8 Å². The number of ether oxygens (including phenoxy) is 2. The number of aromatic amines is 1. The molecule has 3 aromatic rings. The summed E-state index contributed by atoms with van der Waals surface area (Å²) in [5.74, 6) is 1.43. The number of halogens is 1. The van der Waals surface area contributed by atoms with Gasteiger partial charge in [-0.25, -0.2) is 0 Å². The lowest BCUT2D eigenvalue weighted by atomic mass is 9.96. The maximum Gasteiger partial charge on any atom is 0.174 e. The van der Waals surface area contributed by atoms with Gasteiger partial charge in [-0.2, -0.15) is 0 Å². The molecule has 1 fully saturated rings. The van der Waals surface area contributed by atoms with Crippen molar-refractivity contribution in [1.82, 2.24) is 15.3 Å². The highest BCUT2D eigenvalue weighted by atomic mass is 127. The summed E-state index contributed by atoms with van der Waals surface area (Å²) in [6, 6.07) is 11.5. The van der Waals surface area contributed by atoms with Crippen LogP contribution in [0.4, 0.5) is 5.69 Å². The maximum absolute atomic E-state index is 5.83. The maximum atomic E-state index is 5.83. The van der Waals surface area contributed by atoms with Gasteiger partial charge in [-0.3, -0.25) is 4.98 Å². The fraction of sp³-hybridized carbons (Fsp3) is 0.273. The second-order valence-electron chi connectivity index (χ2n) is 7.14. The molecule has 0 unspecified atom stereocenters. The second kappa shape index (κ2) is 8.43. The molecule has 1 aromatic carbocycles. The second-order valence-corrected chi connectivity index (χ2v) is 8.60. The van der Waals surface area contributed by atoms with Gasteiger partial charge in [-0.15, -0.1) is 0 Å². The summed E-state index contributed by atoms with van der Waals surface area (Å²) in [4.78, 5) is 10.2. The molecule has 0 aliphatic carbocycles. The molecule has 1 saturated heterocycles. The number of hydrogen-bond acceptors (Lipinski definition) is 4. The van der Waals surface area contributed by atoms with Crippen LogP contribution in [0.15, 0.2) is 42.6 Å². The van der Waals surface area contributed by atoms with Crippen LogP contribution < -0.4 is 19.7 Å². The van der Waals surface area contributed by atoms with Crippen molar-refractivity contribution in [3.8, 4) is 11.5 Å². The molecular weight excluding hydrogens is 511 g/mol. The Labute approximate surface area is 195 Å². The van der Waals surface area contributed by atoms with Crippen LogP contribution in [-0.2, 0) is 0 Å². The van der Waals surface area contributed by atoms with Crippen molar-refractivity contribution in [1.29, 1.82) is 0 Å². The summed E-state index contributed by atoms with van der Waals surface area (Å²) in [6.45, 7) is 4.19. The van der Waals surface area contributed by atoms with Gasteiger partial charge in [-0.05, 0) is 72.9 Å². The highest BCUT2D eigenvalue weighted by Crippen LogP contribution is 2.47. The number of anilines is 1. The fourth-order valence-electron chi connectivity index (χ4n) is 4.01. The normalized spacial score (nSPS) is 18.4. The number of hydrogen-bond donors (Lipinski definition) is 2. The molecule has 0 saturated carbocycles. The van der Waals surface area contributed by atoms with E-state index in [4.69, 9.17) is 21.7 Å². The van der Waals surface area contributed by atoms with Crippen LogP contribution in [0.3, 0.4) is 0 Å². The Balaban J connectivity index is 1.92. The molecule has 0 radical (unpaired) electrons. The van der Waals surface area contributed by atoms with Gasteiger partial charge in [0, 0.05) is 32.8 Å². The van der Waals surface area contributed by atoms with Gasteiger partial charge in [-0.1, -0.05) is 6.07 Å². The Morgan fingerprint density at radius 3 is 2.50 bits per heavy atom. The van der Waals surface area contributed by atoms with Crippen molar-refractivity contribution in [2.24, 2.45) is 0 Å². The Hall–Kier alpha value is -2.33. The zero-order valence-corrected chi connectivity index (χ0v) is 20.2. The van der Waals surface area contributed by atoms with Crippen molar-refractivity contribution in [2.45, 2.75) is 25.9 Å². The molecule has 0 amide bonds. The van der Waals surface area contributed by atoms with Gasteiger partial charge in [0.15, 0.2) is 5.11 Å². The number of thiocarbonyl (C=S) groups is 1. The van der Waals surface area contributed by atoms with Crippen molar-refractivity contribution >= 4 is 45.6 Å². The Morgan fingerprint density at radius 1 is 1.10 bits per heavy atom. The van der Waals surface area contributed by atoms with Crippen LogP contribution in [0.2, 0.25) is 0 Å². The first-order chi connectivity index (χ1) is 14.5. The predicted molar refractivity (Wildman–Crippen MR) is 130 cm³/mol. The number of benzene rings is 1. The zero-order chi connectivity index (χ0) is 21.4. The average Bonchev–Trinajstić information content (AvgIpc) is 3.22. The van der Waals surface area contributed by atoms with E-state index < -0.39 is 0 Å². The first-order valence-corrected chi connectivity index (χ1v) is 11.0. The lowest BCUT2D eigenvalue weighted by Gasteiger charge is -2.29. The standard InChI is InChI=1S/C22H23IN4O2S/c1-12-18(19(23)13(2)25-12)21-20(15-7-5-6-10-24-15)26-22(30)27(21)16-9-8-14(28-3)11-17(16)29-4/h5-11,20-21,25H,1-4H3,(H,26,30)/t20-,21+/m0/s1. The number of pyridine rings is 1. The molecule has 2 atom stereocenters. The molecule has 30 heavy (non-hydrogen) atoms. The summed E-state index contributed by atoms with van der Waals surface area (Å²) in [6.07, 6.45) is 1.81. The number of nitrogens with one attached hydrogen (secondary N) is 2. The summed E-state index contributed by atoms with van der Waals surface area (Å²) in [7, 11) is 3.30. The highest BCUT2D eigenvalue weighted by molar-refractivity contribution is 14.1. The molecule has 0 bridgehead atoms. The Morgan fingerprint density at radius 2 is 1.90 bits per heavy atom. The molecule has 1 aliphatic rings. The lowest BCUT2D eigenvalue weighted by Crippen LogP contribution is -2.30. The van der Waals surface area contributed by atoms with Crippen LogP contribution in [0.1, 0.15) is 34.7 Å². The number of methoxy groups -OCH3 is 2. The number of aryl methyl sites for hydroxylation is 2. The first kappa shape index (κ1) is 20.9. The van der Waals surface area contributed by atoms with Crippen LogP contribution in [0.25, 0.3) is 0 Å². The van der Waals surface area contributed by atoms with Gasteiger partial charge in [0.2, 0.25) is 0 Å². The van der Waals surface area contributed by atoms with E-state index in [1.807, 2.05) is 42.6 Å². The minimum Gasteiger partial charge on any atom is -0.497 e. The Bertz CT molecular complexity index is 1090. The molecule has 4 rings (SSSR count). The van der Waals surface area contributed by atoms with Gasteiger partial charge in [0.05, 0.1) is 37.7 Å². The smallest absolute Gasteiger partial charge is 0.174 e. The molecule has 8 heteroatoms. The molecule has 3 heterocycles. The number of aromatic nitrogens is 2. The first-order valence-electron chi connectivity index (χ1n) is 9.53. The number of nitrogens with zero attached hydrogens (tertiary/aromatic N) is 2. The van der Waals surface area contributed by atoms with Gasteiger partial charge in [0.25, 0.3) is 0 Å². The third kappa shape index (κ3) is 3.51. The number of H-pyrrole nitrogens is 1. The minimum absolute atomic E-state index is 0.0912. The van der Waals surface area contributed by atoms with E-state index in [2.05, 4.69) is 56.6 Å². The van der Waals surface area contributed by atoms with E-state index in [0.717, 1.165) is 28.5 Å². The molecule has 156 valence electrons. The number of rotatable bonds is 5. The fourth-order valence-corrected chi connectivity index (χ4v) is 5.21. The summed E-state index contributed by atoms with van der Waals surface area (Å²) < 4.78 is 12.3. The molecule has 0 spiro atoms. The van der Waals surface area contributed by atoms with Gasteiger partial charge in [0.1, 0.15) is 11.5 Å². The third-order valence-electron chi connectivity index (χ3n) is 5.39. The Kier molecular flexibility index (Phi) is 5.88. The topological polar surface area (TPSA) is 62.4 Å².